The molecule has 2 N–H and O–H groups in total. The number of carboxylic acids is 1. The van der Waals surface area contributed by atoms with Crippen molar-refractivity contribution in [3.8, 4) is 0 Å². The van der Waals surface area contributed by atoms with Gasteiger partial charge in [-0.15, -0.1) is 0 Å². The third-order valence-corrected chi connectivity index (χ3v) is 5.55. The molecular weight excluding hydrogens is 344 g/mol. The summed E-state index contributed by atoms with van der Waals surface area (Å²) in [6.07, 6.45) is 4.44. The Bertz CT molecular complexity index is 1030. The number of hydrogen-bond donors (Lipinski definition) is 2. The Hall–Kier alpha value is -3.09. The molecule has 0 saturated carbocycles. The van der Waals surface area contributed by atoms with Crippen LogP contribution in [-0.4, -0.2) is 49.7 Å². The molecule has 1 aliphatic rings. The number of fused-ring (bicyclic) bond motifs is 1. The number of aromatic amines is 1. The number of hydrogen-bond acceptors (Lipinski definition) is 3. The molecule has 7 nitrogen and oxygen atoms in total. The summed E-state index contributed by atoms with van der Waals surface area (Å²) in [4.78, 5) is 29.0. The van der Waals surface area contributed by atoms with E-state index in [0.717, 1.165) is 23.7 Å². The van der Waals surface area contributed by atoms with E-state index in [-0.39, 0.29) is 17.5 Å². The molecule has 4 rings (SSSR count). The van der Waals surface area contributed by atoms with Crippen molar-refractivity contribution >= 4 is 22.8 Å². The first kappa shape index (κ1) is 17.3. The predicted molar refractivity (Wildman–Crippen MR) is 101 cm³/mol. The highest BCUT2D eigenvalue weighted by Gasteiger charge is 2.26. The van der Waals surface area contributed by atoms with E-state index in [1.165, 1.54) is 17.3 Å². The van der Waals surface area contributed by atoms with Gasteiger partial charge in [-0.05, 0) is 49.9 Å². The summed E-state index contributed by atoms with van der Waals surface area (Å²) in [5.41, 5.74) is 4.19. The van der Waals surface area contributed by atoms with Crippen LogP contribution in [0, 0.1) is 13.8 Å². The highest BCUT2D eigenvalue weighted by Crippen LogP contribution is 2.26. The molecule has 1 saturated heterocycles. The van der Waals surface area contributed by atoms with Crippen LogP contribution in [0.3, 0.4) is 0 Å². The smallest absolute Gasteiger partial charge is 0.338 e. The molecule has 7 heteroatoms. The third kappa shape index (κ3) is 3.09. The molecule has 1 aromatic carbocycles. The Balaban J connectivity index is 1.47. The predicted octanol–water partition coefficient (Wildman–Crippen LogP) is 3.16. The van der Waals surface area contributed by atoms with E-state index in [1.807, 2.05) is 17.0 Å². The molecule has 0 aliphatic carbocycles. The molecule has 1 amide bonds. The number of nitrogens with zero attached hydrogens (tertiary/aromatic N) is 3. The number of aromatic nitrogens is 3. The topological polar surface area (TPSA) is 91.2 Å². The Kier molecular flexibility index (Phi) is 4.22. The summed E-state index contributed by atoms with van der Waals surface area (Å²) in [6, 6.07) is 6.13. The molecule has 0 radical (unpaired) electrons. The van der Waals surface area contributed by atoms with Gasteiger partial charge >= 0.3 is 5.97 Å². The fourth-order valence-electron chi connectivity index (χ4n) is 3.73. The number of carboxylic acid groups (broad SMARTS) is 1. The highest BCUT2D eigenvalue weighted by molar-refractivity contribution is 5.99. The minimum Gasteiger partial charge on any atom is -0.478 e. The summed E-state index contributed by atoms with van der Waals surface area (Å²) in [7, 11) is 0. The first-order valence-corrected chi connectivity index (χ1v) is 9.09. The zero-order valence-electron chi connectivity index (χ0n) is 15.4. The molecule has 3 heterocycles. The van der Waals surface area contributed by atoms with Gasteiger partial charge in [-0.2, -0.15) is 5.10 Å². The fourth-order valence-corrected chi connectivity index (χ4v) is 3.73. The molecular formula is C20H22N4O3. The van der Waals surface area contributed by atoms with Crippen LogP contribution in [0.4, 0.5) is 0 Å². The number of piperidine rings is 1. The number of nitrogens with one attached hydrogen (secondary N) is 1. The number of amides is 1. The lowest BCUT2D eigenvalue weighted by Crippen LogP contribution is -2.39. The average molecular weight is 366 g/mol. The Morgan fingerprint density at radius 3 is 2.63 bits per heavy atom. The van der Waals surface area contributed by atoms with Crippen molar-refractivity contribution in [2.24, 2.45) is 0 Å². The highest BCUT2D eigenvalue weighted by atomic mass is 16.4. The standard InChI is InChI=1S/C20H22N4O3/c1-12-3-4-17-16(13(12)2)9-18(22-17)19(25)23-7-5-15(6-8-23)24-11-14(10-21-24)20(26)27/h3-4,9-11,15,22H,5-8H2,1-2H3,(H,26,27). The van der Waals surface area contributed by atoms with Crippen LogP contribution in [0.2, 0.25) is 0 Å². The summed E-state index contributed by atoms with van der Waals surface area (Å²) in [5.74, 6) is -0.966. The zero-order valence-corrected chi connectivity index (χ0v) is 15.4. The zero-order chi connectivity index (χ0) is 19.1. The molecule has 2 aromatic heterocycles. The van der Waals surface area contributed by atoms with E-state index in [2.05, 4.69) is 30.0 Å². The van der Waals surface area contributed by atoms with Crippen molar-refractivity contribution in [1.29, 1.82) is 0 Å². The Labute approximate surface area is 156 Å². The van der Waals surface area contributed by atoms with Crippen molar-refractivity contribution in [2.45, 2.75) is 32.7 Å². The first-order valence-electron chi connectivity index (χ1n) is 9.09. The molecule has 1 fully saturated rings. The van der Waals surface area contributed by atoms with Gasteiger partial charge in [0.25, 0.3) is 5.91 Å². The van der Waals surface area contributed by atoms with E-state index < -0.39 is 5.97 Å². The maximum atomic E-state index is 12.9. The maximum absolute atomic E-state index is 12.9. The van der Waals surface area contributed by atoms with Gasteiger partial charge in [0, 0.05) is 30.2 Å². The molecule has 27 heavy (non-hydrogen) atoms. The number of aryl methyl sites for hydroxylation is 2. The number of likely N-dealkylation sites (tertiary alicyclic amines) is 1. The second-order valence-corrected chi connectivity index (χ2v) is 7.19. The number of carbonyl (C=O) groups is 2. The monoisotopic (exact) mass is 366 g/mol. The Morgan fingerprint density at radius 2 is 1.96 bits per heavy atom. The second-order valence-electron chi connectivity index (χ2n) is 7.19. The van der Waals surface area contributed by atoms with Crippen LogP contribution >= 0.6 is 0 Å². The molecule has 0 spiro atoms. The van der Waals surface area contributed by atoms with E-state index in [4.69, 9.17) is 5.11 Å². The average Bonchev–Trinajstić information content (AvgIpc) is 3.32. The van der Waals surface area contributed by atoms with Crippen molar-refractivity contribution in [2.75, 3.05) is 13.1 Å². The van der Waals surface area contributed by atoms with Crippen molar-refractivity contribution < 1.29 is 14.7 Å². The molecule has 0 unspecified atom stereocenters. The molecule has 0 atom stereocenters. The van der Waals surface area contributed by atoms with Crippen LogP contribution in [0.25, 0.3) is 10.9 Å². The van der Waals surface area contributed by atoms with Crippen molar-refractivity contribution in [1.82, 2.24) is 19.7 Å². The number of benzene rings is 1. The van der Waals surface area contributed by atoms with Crippen LogP contribution in [-0.2, 0) is 0 Å². The molecule has 140 valence electrons. The number of aromatic carboxylic acids is 1. The molecule has 0 bridgehead atoms. The lowest BCUT2D eigenvalue weighted by molar-refractivity contribution is 0.0684. The number of H-pyrrole nitrogens is 1. The quantitative estimate of drug-likeness (QED) is 0.745. The molecule has 1 aliphatic heterocycles. The Morgan fingerprint density at radius 1 is 1.22 bits per heavy atom. The van der Waals surface area contributed by atoms with Gasteiger partial charge in [0.1, 0.15) is 5.69 Å². The number of rotatable bonds is 3. The van der Waals surface area contributed by atoms with Gasteiger partial charge in [0.15, 0.2) is 0 Å². The second kappa shape index (κ2) is 6.57. The molecule has 3 aromatic rings. The van der Waals surface area contributed by atoms with Gasteiger partial charge in [-0.1, -0.05) is 6.07 Å². The van der Waals surface area contributed by atoms with Gasteiger partial charge in [-0.3, -0.25) is 9.48 Å². The van der Waals surface area contributed by atoms with Crippen molar-refractivity contribution in [3.63, 3.8) is 0 Å². The lowest BCUT2D eigenvalue weighted by atomic mass is 10.0. The van der Waals surface area contributed by atoms with Gasteiger partial charge < -0.3 is 15.0 Å². The van der Waals surface area contributed by atoms with E-state index in [1.54, 1.807) is 10.9 Å². The van der Waals surface area contributed by atoms with Crippen LogP contribution in [0.1, 0.15) is 50.9 Å². The van der Waals surface area contributed by atoms with E-state index in [0.29, 0.717) is 18.8 Å². The van der Waals surface area contributed by atoms with E-state index in [9.17, 15) is 9.59 Å². The maximum Gasteiger partial charge on any atom is 0.338 e. The third-order valence-electron chi connectivity index (χ3n) is 5.55. The first-order chi connectivity index (χ1) is 12.9. The van der Waals surface area contributed by atoms with Gasteiger partial charge in [0.2, 0.25) is 0 Å². The van der Waals surface area contributed by atoms with Crippen LogP contribution in [0.5, 0.6) is 0 Å². The lowest BCUT2D eigenvalue weighted by Gasteiger charge is -2.31. The summed E-state index contributed by atoms with van der Waals surface area (Å²) < 4.78 is 1.71. The summed E-state index contributed by atoms with van der Waals surface area (Å²) in [5, 5.41) is 14.3. The van der Waals surface area contributed by atoms with Gasteiger partial charge in [0.05, 0.1) is 17.8 Å². The summed E-state index contributed by atoms with van der Waals surface area (Å²) in [6.45, 7) is 5.39. The normalized spacial score (nSPS) is 15.4. The van der Waals surface area contributed by atoms with Crippen LogP contribution < -0.4 is 0 Å². The largest absolute Gasteiger partial charge is 0.478 e. The number of carbonyl (C=O) groups excluding carboxylic acids is 1. The van der Waals surface area contributed by atoms with Gasteiger partial charge in [-0.25, -0.2) is 4.79 Å². The minimum absolute atomic E-state index is 0.00777. The van der Waals surface area contributed by atoms with Crippen LogP contribution in [0.15, 0.2) is 30.6 Å². The minimum atomic E-state index is -0.974. The van der Waals surface area contributed by atoms with Crippen molar-refractivity contribution in [3.05, 3.63) is 53.0 Å². The summed E-state index contributed by atoms with van der Waals surface area (Å²) >= 11 is 0. The fraction of sp³-hybridized carbons (Fsp3) is 0.350. The SMILES string of the molecule is Cc1ccc2[nH]c(C(=O)N3CCC(n4cc(C(=O)O)cn4)CC3)cc2c1C. The van der Waals surface area contributed by atoms with E-state index >= 15 is 0 Å².